The molecule has 0 aliphatic rings. The molecule has 1 amide bonds. The summed E-state index contributed by atoms with van der Waals surface area (Å²) in [5.41, 5.74) is 0.626. The van der Waals surface area contributed by atoms with Gasteiger partial charge in [0.2, 0.25) is 10.0 Å². The molecule has 0 fully saturated rings. The van der Waals surface area contributed by atoms with E-state index >= 15 is 0 Å². The van der Waals surface area contributed by atoms with Gasteiger partial charge in [-0.15, -0.1) is 0 Å². The van der Waals surface area contributed by atoms with Gasteiger partial charge in [-0.25, -0.2) is 17.9 Å². The highest BCUT2D eigenvalue weighted by atomic mass is 32.2. The van der Waals surface area contributed by atoms with Crippen molar-refractivity contribution in [1.82, 2.24) is 5.32 Å². The zero-order valence-electron chi connectivity index (χ0n) is 12.7. The molecule has 124 valence electrons. The van der Waals surface area contributed by atoms with Crippen molar-refractivity contribution in [3.63, 3.8) is 0 Å². The van der Waals surface area contributed by atoms with Gasteiger partial charge in [-0.05, 0) is 38.0 Å². The van der Waals surface area contributed by atoms with Crippen LogP contribution in [0.15, 0.2) is 33.6 Å². The number of rotatable bonds is 5. The van der Waals surface area contributed by atoms with Crippen LogP contribution in [0.3, 0.4) is 0 Å². The molecule has 6 nitrogen and oxygen atoms in total. The Morgan fingerprint density at radius 1 is 1.30 bits per heavy atom. The van der Waals surface area contributed by atoms with Crippen LogP contribution in [0, 0.1) is 19.7 Å². The Morgan fingerprint density at radius 3 is 2.61 bits per heavy atom. The van der Waals surface area contributed by atoms with Gasteiger partial charge in [-0.2, -0.15) is 0 Å². The number of nitrogens with one attached hydrogen (secondary N) is 1. The quantitative estimate of drug-likeness (QED) is 0.864. The van der Waals surface area contributed by atoms with Gasteiger partial charge in [0.05, 0.1) is 0 Å². The first kappa shape index (κ1) is 17.2. The third-order valence-corrected chi connectivity index (χ3v) is 4.37. The number of aryl methyl sites for hydroxylation is 2. The first-order valence-corrected chi connectivity index (χ1v) is 8.40. The Bertz CT molecular complexity index is 843. The summed E-state index contributed by atoms with van der Waals surface area (Å²) < 4.78 is 41.5. The van der Waals surface area contributed by atoms with Crippen molar-refractivity contribution in [3.8, 4) is 0 Å². The van der Waals surface area contributed by atoms with Gasteiger partial charge in [0, 0.05) is 6.54 Å². The van der Waals surface area contributed by atoms with Crippen molar-refractivity contribution >= 4 is 15.9 Å². The lowest BCUT2D eigenvalue weighted by Gasteiger charge is -2.06. The number of carbonyl (C=O) groups is 1. The first-order valence-electron chi connectivity index (χ1n) is 6.85. The zero-order valence-corrected chi connectivity index (χ0v) is 13.5. The van der Waals surface area contributed by atoms with E-state index in [1.807, 2.05) is 0 Å². The van der Waals surface area contributed by atoms with E-state index in [0.29, 0.717) is 6.42 Å². The normalized spacial score (nSPS) is 11.5. The fourth-order valence-corrected chi connectivity index (χ4v) is 3.33. The van der Waals surface area contributed by atoms with Gasteiger partial charge in [0.15, 0.2) is 0 Å². The molecule has 0 aliphatic heterocycles. The van der Waals surface area contributed by atoms with Crippen LogP contribution in [0.2, 0.25) is 0 Å². The molecule has 0 saturated heterocycles. The van der Waals surface area contributed by atoms with Crippen molar-refractivity contribution in [2.45, 2.75) is 25.2 Å². The predicted molar refractivity (Wildman–Crippen MR) is 82.0 cm³/mol. The van der Waals surface area contributed by atoms with Crippen molar-refractivity contribution in [2.75, 3.05) is 6.54 Å². The van der Waals surface area contributed by atoms with Gasteiger partial charge in [0.25, 0.3) is 5.91 Å². The smallest absolute Gasteiger partial charge is 0.256 e. The monoisotopic (exact) mass is 340 g/mol. The third-order valence-electron chi connectivity index (χ3n) is 3.30. The van der Waals surface area contributed by atoms with Crippen LogP contribution >= 0.6 is 0 Å². The van der Waals surface area contributed by atoms with Gasteiger partial charge in [-0.3, -0.25) is 4.79 Å². The highest BCUT2D eigenvalue weighted by Crippen LogP contribution is 2.25. The summed E-state index contributed by atoms with van der Waals surface area (Å²) in [6, 6.07) is 6.01. The summed E-state index contributed by atoms with van der Waals surface area (Å²) in [6.07, 6.45) is 0.407. The fraction of sp³-hybridized carbons (Fsp3) is 0.267. The molecule has 0 radical (unpaired) electrons. The molecule has 2 rings (SSSR count). The number of amides is 1. The number of hydrogen-bond donors (Lipinski definition) is 2. The van der Waals surface area contributed by atoms with Gasteiger partial charge >= 0.3 is 0 Å². The molecular weight excluding hydrogens is 323 g/mol. The number of primary sulfonamides is 1. The Morgan fingerprint density at radius 2 is 2.00 bits per heavy atom. The third kappa shape index (κ3) is 3.96. The van der Waals surface area contributed by atoms with Crippen LogP contribution in [0.5, 0.6) is 0 Å². The summed E-state index contributed by atoms with van der Waals surface area (Å²) in [5, 5.41) is 7.73. The fourth-order valence-electron chi connectivity index (χ4n) is 2.37. The van der Waals surface area contributed by atoms with Crippen LogP contribution in [0.25, 0.3) is 0 Å². The van der Waals surface area contributed by atoms with E-state index in [0.717, 1.165) is 5.56 Å². The minimum absolute atomic E-state index is 0.0697. The minimum atomic E-state index is -4.08. The summed E-state index contributed by atoms with van der Waals surface area (Å²) in [7, 11) is -4.08. The second-order valence-corrected chi connectivity index (χ2v) is 6.60. The molecule has 0 saturated carbocycles. The van der Waals surface area contributed by atoms with Gasteiger partial charge < -0.3 is 9.73 Å². The minimum Gasteiger partial charge on any atom is -0.464 e. The molecule has 0 aliphatic carbocycles. The molecule has 0 bridgehead atoms. The van der Waals surface area contributed by atoms with E-state index < -0.39 is 15.9 Å². The molecule has 0 spiro atoms. The number of furan rings is 1. The summed E-state index contributed by atoms with van der Waals surface area (Å²) >= 11 is 0. The van der Waals surface area contributed by atoms with Crippen molar-refractivity contribution < 1.29 is 22.0 Å². The Kier molecular flexibility index (Phi) is 4.86. The number of sulfonamides is 1. The topological polar surface area (TPSA) is 102 Å². The Labute approximate surface area is 133 Å². The Balaban J connectivity index is 2.13. The number of benzene rings is 1. The number of carbonyl (C=O) groups excluding carboxylic acids is 1. The zero-order chi connectivity index (χ0) is 17.2. The van der Waals surface area contributed by atoms with Gasteiger partial charge in [-0.1, -0.05) is 12.1 Å². The Hall–Kier alpha value is -2.19. The first-order chi connectivity index (χ1) is 10.7. The average Bonchev–Trinajstić information content (AvgIpc) is 2.73. The lowest BCUT2D eigenvalue weighted by Crippen LogP contribution is -2.28. The molecule has 1 aromatic heterocycles. The van der Waals surface area contributed by atoms with Gasteiger partial charge in [0.1, 0.15) is 27.8 Å². The lowest BCUT2D eigenvalue weighted by molar-refractivity contribution is 0.0949. The van der Waals surface area contributed by atoms with Crippen LogP contribution < -0.4 is 10.5 Å². The van der Waals surface area contributed by atoms with E-state index in [9.17, 15) is 17.6 Å². The highest BCUT2D eigenvalue weighted by Gasteiger charge is 2.28. The second-order valence-electron chi connectivity index (χ2n) is 5.10. The predicted octanol–water partition coefficient (Wildman–Crippen LogP) is 1.66. The van der Waals surface area contributed by atoms with E-state index in [4.69, 9.17) is 9.56 Å². The summed E-state index contributed by atoms with van der Waals surface area (Å²) in [4.78, 5) is 11.9. The van der Waals surface area contributed by atoms with Crippen molar-refractivity contribution in [1.29, 1.82) is 0 Å². The molecule has 3 N–H and O–H groups in total. The molecule has 0 atom stereocenters. The number of halogens is 1. The maximum Gasteiger partial charge on any atom is 0.256 e. The van der Waals surface area contributed by atoms with Crippen LogP contribution in [0.1, 0.15) is 27.4 Å². The second kappa shape index (κ2) is 6.51. The number of hydrogen-bond acceptors (Lipinski definition) is 4. The van der Waals surface area contributed by atoms with E-state index in [1.54, 1.807) is 12.1 Å². The molecule has 1 aromatic carbocycles. The van der Waals surface area contributed by atoms with Crippen LogP contribution in [0.4, 0.5) is 4.39 Å². The average molecular weight is 340 g/mol. The molecule has 8 heteroatoms. The SMILES string of the molecule is Cc1oc(C)c(S(N)(=O)=O)c1C(=O)NCCc1cccc(F)c1. The van der Waals surface area contributed by atoms with Crippen LogP contribution in [-0.4, -0.2) is 20.9 Å². The molecule has 1 heterocycles. The molecule has 2 aromatic rings. The molecule has 23 heavy (non-hydrogen) atoms. The largest absolute Gasteiger partial charge is 0.464 e. The van der Waals surface area contributed by atoms with E-state index in [2.05, 4.69) is 5.32 Å². The van der Waals surface area contributed by atoms with Crippen molar-refractivity contribution in [3.05, 3.63) is 52.7 Å². The maximum atomic E-state index is 13.1. The maximum absolute atomic E-state index is 13.1. The standard InChI is InChI=1S/C15H17FN2O4S/c1-9-13(14(10(2)22-9)23(17,20)21)15(19)18-7-6-11-4-3-5-12(16)8-11/h3-5,8H,6-7H2,1-2H3,(H,18,19)(H2,17,20,21). The van der Waals surface area contributed by atoms with Crippen LogP contribution in [-0.2, 0) is 16.4 Å². The van der Waals surface area contributed by atoms with Crippen molar-refractivity contribution in [2.24, 2.45) is 5.14 Å². The highest BCUT2D eigenvalue weighted by molar-refractivity contribution is 7.89. The lowest BCUT2D eigenvalue weighted by atomic mass is 10.1. The molecular formula is C15H17FN2O4S. The van der Waals surface area contributed by atoms with E-state index in [1.165, 1.54) is 26.0 Å². The summed E-state index contributed by atoms with van der Waals surface area (Å²) in [5.74, 6) is -0.707. The number of nitrogens with two attached hydrogens (primary N) is 1. The van der Waals surface area contributed by atoms with E-state index in [-0.39, 0.29) is 34.3 Å². The molecule has 0 unspecified atom stereocenters. The summed E-state index contributed by atoms with van der Waals surface area (Å²) in [6.45, 7) is 3.13.